The Labute approximate surface area is 300 Å². The van der Waals surface area contributed by atoms with E-state index in [1.165, 1.54) is 46.0 Å². The number of para-hydroxylation sites is 1. The Kier molecular flexibility index (Phi) is 6.26. The maximum absolute atomic E-state index is 5.31. The van der Waals surface area contributed by atoms with E-state index in [1.807, 2.05) is 29.5 Å². The lowest BCUT2D eigenvalue weighted by atomic mass is 10.0. The van der Waals surface area contributed by atoms with Crippen molar-refractivity contribution in [1.29, 1.82) is 0 Å². The van der Waals surface area contributed by atoms with Crippen LogP contribution in [0, 0.1) is 0 Å². The number of fused-ring (bicyclic) bond motifs is 9. The molecule has 4 aromatic heterocycles. The second-order valence-electron chi connectivity index (χ2n) is 12.8. The van der Waals surface area contributed by atoms with Gasteiger partial charge in [-0.15, -0.1) is 22.7 Å². The molecule has 0 N–H and O–H groups in total. The normalized spacial score (nSPS) is 11.9. The van der Waals surface area contributed by atoms with Crippen LogP contribution in [-0.4, -0.2) is 19.5 Å². The summed E-state index contributed by atoms with van der Waals surface area (Å²) in [5.41, 5.74) is 6.40. The van der Waals surface area contributed by atoms with E-state index in [1.54, 1.807) is 11.3 Å². The summed E-state index contributed by atoms with van der Waals surface area (Å²) in [5.74, 6) is 1.99. The summed E-state index contributed by atoms with van der Waals surface area (Å²) in [5, 5.41) is 7.33. The SMILES string of the molecule is c1ccc(-c2nc(-c3cccc4c3sc3ccccc34)nc(-c3cccc4c3c3ccccc3n4-c3cccc4c3sc3ccccc34)n2)cc1. The number of nitrogens with zero attached hydrogens (tertiary/aromatic N) is 4. The van der Waals surface area contributed by atoms with Crippen molar-refractivity contribution in [3.8, 4) is 39.9 Å². The topological polar surface area (TPSA) is 43.6 Å². The van der Waals surface area contributed by atoms with Gasteiger partial charge in [0, 0.05) is 63.1 Å². The van der Waals surface area contributed by atoms with Gasteiger partial charge in [0.25, 0.3) is 0 Å². The Balaban J connectivity index is 1.21. The van der Waals surface area contributed by atoms with Crippen molar-refractivity contribution in [3.05, 3.63) is 158 Å². The lowest BCUT2D eigenvalue weighted by Gasteiger charge is -2.11. The van der Waals surface area contributed by atoms with Crippen molar-refractivity contribution in [2.24, 2.45) is 0 Å². The number of thiophene rings is 2. The first-order chi connectivity index (χ1) is 25.3. The average Bonchev–Trinajstić information content (AvgIpc) is 3.88. The number of hydrogen-bond acceptors (Lipinski definition) is 5. The number of rotatable bonds is 4. The van der Waals surface area contributed by atoms with Crippen molar-refractivity contribution >= 4 is 84.8 Å². The predicted octanol–water partition coefficient (Wildman–Crippen LogP) is 12.7. The average molecular weight is 687 g/mol. The highest BCUT2D eigenvalue weighted by atomic mass is 32.1. The van der Waals surface area contributed by atoms with E-state index in [0.29, 0.717) is 17.5 Å². The lowest BCUT2D eigenvalue weighted by Crippen LogP contribution is -2.00. The second-order valence-corrected chi connectivity index (χ2v) is 14.9. The molecule has 0 fully saturated rings. The van der Waals surface area contributed by atoms with Gasteiger partial charge in [0.2, 0.25) is 0 Å². The van der Waals surface area contributed by atoms with Gasteiger partial charge in [-0.2, -0.15) is 0 Å². The van der Waals surface area contributed by atoms with Crippen LogP contribution in [0.5, 0.6) is 0 Å². The molecule has 0 atom stereocenters. The van der Waals surface area contributed by atoms with Crippen LogP contribution in [0.3, 0.4) is 0 Å². The van der Waals surface area contributed by atoms with Gasteiger partial charge in [-0.05, 0) is 36.4 Å². The zero-order chi connectivity index (χ0) is 33.5. The molecule has 0 aliphatic carbocycles. The van der Waals surface area contributed by atoms with Crippen LogP contribution < -0.4 is 0 Å². The minimum absolute atomic E-state index is 0.657. The second kappa shape index (κ2) is 11.2. The molecule has 0 aliphatic heterocycles. The van der Waals surface area contributed by atoms with Gasteiger partial charge in [0.15, 0.2) is 17.5 Å². The molecular weight excluding hydrogens is 661 g/mol. The van der Waals surface area contributed by atoms with Gasteiger partial charge >= 0.3 is 0 Å². The summed E-state index contributed by atoms with van der Waals surface area (Å²) in [7, 11) is 0. The minimum Gasteiger partial charge on any atom is -0.308 e. The fourth-order valence-electron chi connectivity index (χ4n) is 7.63. The van der Waals surface area contributed by atoms with Crippen molar-refractivity contribution in [1.82, 2.24) is 19.5 Å². The Morgan fingerprint density at radius 1 is 0.373 bits per heavy atom. The first-order valence-corrected chi connectivity index (χ1v) is 18.6. The van der Waals surface area contributed by atoms with Gasteiger partial charge in [0.05, 0.1) is 21.4 Å². The zero-order valence-electron chi connectivity index (χ0n) is 27.1. The monoisotopic (exact) mass is 686 g/mol. The number of aromatic nitrogens is 4. The third-order valence-electron chi connectivity index (χ3n) is 9.88. The lowest BCUT2D eigenvalue weighted by molar-refractivity contribution is 1.08. The molecule has 0 saturated heterocycles. The first-order valence-electron chi connectivity index (χ1n) is 17.0. The van der Waals surface area contributed by atoms with Gasteiger partial charge < -0.3 is 4.57 Å². The van der Waals surface area contributed by atoms with Gasteiger partial charge in [-0.25, -0.2) is 15.0 Å². The Hall–Kier alpha value is -6.21. The molecule has 4 nitrogen and oxygen atoms in total. The molecule has 6 heteroatoms. The van der Waals surface area contributed by atoms with Crippen LogP contribution in [-0.2, 0) is 0 Å². The van der Waals surface area contributed by atoms with Gasteiger partial charge in [0.1, 0.15) is 0 Å². The van der Waals surface area contributed by atoms with Crippen molar-refractivity contribution < 1.29 is 0 Å². The maximum atomic E-state index is 5.31. The van der Waals surface area contributed by atoms with E-state index in [4.69, 9.17) is 15.0 Å². The van der Waals surface area contributed by atoms with E-state index in [-0.39, 0.29) is 0 Å². The summed E-state index contributed by atoms with van der Waals surface area (Å²) in [6.45, 7) is 0. The van der Waals surface area contributed by atoms with Crippen LogP contribution in [0.15, 0.2) is 158 Å². The molecule has 0 spiro atoms. The number of hydrogen-bond donors (Lipinski definition) is 0. The fraction of sp³-hybridized carbons (Fsp3) is 0. The Bertz CT molecular complexity index is 3150. The van der Waals surface area contributed by atoms with Gasteiger partial charge in [-0.1, -0.05) is 121 Å². The summed E-state index contributed by atoms with van der Waals surface area (Å²) in [6.07, 6.45) is 0. The van der Waals surface area contributed by atoms with E-state index in [2.05, 4.69) is 144 Å². The van der Waals surface area contributed by atoms with Crippen molar-refractivity contribution in [3.63, 3.8) is 0 Å². The third kappa shape index (κ3) is 4.34. The van der Waals surface area contributed by atoms with Crippen LogP contribution >= 0.6 is 22.7 Å². The highest BCUT2D eigenvalue weighted by Crippen LogP contribution is 2.44. The highest BCUT2D eigenvalue weighted by molar-refractivity contribution is 7.26. The molecule has 0 radical (unpaired) electrons. The standard InChI is InChI=1S/C45H26N4S2/c1-2-13-27(14-3-1)43-46-44(48-45(47-43)34-21-10-18-30-28-15-5-8-25-38(28)50-41(30)34)33-20-12-23-36-40(33)32-17-4-7-22-35(32)49(36)37-24-11-19-31-29-16-6-9-26-39(29)51-42(31)37/h1-26H. The quantitative estimate of drug-likeness (QED) is 0.185. The summed E-state index contributed by atoms with van der Waals surface area (Å²) in [6, 6.07) is 55.9. The molecule has 7 aromatic carbocycles. The smallest absolute Gasteiger partial charge is 0.165 e. The van der Waals surface area contributed by atoms with Crippen LogP contribution in [0.25, 0.3) is 102 Å². The molecule has 4 heterocycles. The molecular formula is C45H26N4S2. The summed E-state index contributed by atoms with van der Waals surface area (Å²) >= 11 is 3.64. The van der Waals surface area contributed by atoms with Gasteiger partial charge in [-0.3, -0.25) is 0 Å². The largest absolute Gasteiger partial charge is 0.308 e. The molecule has 0 unspecified atom stereocenters. The molecule has 0 saturated carbocycles. The molecule has 11 aromatic rings. The Morgan fingerprint density at radius 2 is 0.902 bits per heavy atom. The van der Waals surface area contributed by atoms with Crippen LogP contribution in [0.2, 0.25) is 0 Å². The zero-order valence-corrected chi connectivity index (χ0v) is 28.7. The van der Waals surface area contributed by atoms with Crippen molar-refractivity contribution in [2.75, 3.05) is 0 Å². The summed E-state index contributed by atoms with van der Waals surface area (Å²) in [4.78, 5) is 15.7. The molecule has 0 aliphatic rings. The van der Waals surface area contributed by atoms with Crippen LogP contribution in [0.4, 0.5) is 0 Å². The maximum Gasteiger partial charge on any atom is 0.165 e. The molecule has 0 amide bonds. The highest BCUT2D eigenvalue weighted by Gasteiger charge is 2.22. The predicted molar refractivity (Wildman–Crippen MR) is 216 cm³/mol. The Morgan fingerprint density at radius 3 is 1.69 bits per heavy atom. The third-order valence-corrected chi connectivity index (χ3v) is 12.3. The van der Waals surface area contributed by atoms with E-state index < -0.39 is 0 Å². The molecule has 238 valence electrons. The van der Waals surface area contributed by atoms with Crippen molar-refractivity contribution in [2.45, 2.75) is 0 Å². The molecule has 11 rings (SSSR count). The van der Waals surface area contributed by atoms with Crippen LogP contribution in [0.1, 0.15) is 0 Å². The first kappa shape index (κ1) is 28.6. The summed E-state index contributed by atoms with van der Waals surface area (Å²) < 4.78 is 7.42. The molecule has 0 bridgehead atoms. The van der Waals surface area contributed by atoms with E-state index in [0.717, 1.165) is 38.5 Å². The van der Waals surface area contributed by atoms with E-state index >= 15 is 0 Å². The number of benzene rings is 7. The van der Waals surface area contributed by atoms with E-state index in [9.17, 15) is 0 Å². The minimum atomic E-state index is 0.657. The molecule has 51 heavy (non-hydrogen) atoms. The fourth-order valence-corrected chi connectivity index (χ4v) is 10.0.